The molecule has 1 N–H and O–H groups in total. The molecule has 0 saturated carbocycles. The average Bonchev–Trinajstić information content (AvgIpc) is 2.47. The minimum Gasteiger partial charge on any atom is -0.497 e. The van der Waals surface area contributed by atoms with Crippen LogP contribution in [0.4, 0.5) is 10.1 Å². The first-order chi connectivity index (χ1) is 9.67. The number of hydrogen-bond acceptors (Lipinski definition) is 2. The van der Waals surface area contributed by atoms with Crippen LogP contribution in [0.3, 0.4) is 0 Å². The van der Waals surface area contributed by atoms with Gasteiger partial charge in [-0.2, -0.15) is 0 Å². The lowest BCUT2D eigenvalue weighted by atomic mass is 10.1. The maximum atomic E-state index is 12.8. The smallest absolute Gasteiger partial charge is 0.224 e. The van der Waals surface area contributed by atoms with Gasteiger partial charge >= 0.3 is 0 Å². The highest BCUT2D eigenvalue weighted by molar-refractivity contribution is 5.91. The van der Waals surface area contributed by atoms with E-state index in [0.29, 0.717) is 24.3 Å². The Morgan fingerprint density at radius 3 is 2.65 bits per heavy atom. The Morgan fingerprint density at radius 1 is 1.20 bits per heavy atom. The zero-order valence-corrected chi connectivity index (χ0v) is 11.2. The Hall–Kier alpha value is -2.36. The molecule has 0 fully saturated rings. The molecule has 3 nitrogen and oxygen atoms in total. The zero-order chi connectivity index (χ0) is 14.4. The van der Waals surface area contributed by atoms with Crippen molar-refractivity contribution in [2.24, 2.45) is 0 Å². The van der Waals surface area contributed by atoms with E-state index in [0.717, 1.165) is 5.56 Å². The van der Waals surface area contributed by atoms with E-state index in [1.807, 2.05) is 12.1 Å². The average molecular weight is 273 g/mol. The molecule has 0 bridgehead atoms. The molecule has 0 radical (unpaired) electrons. The van der Waals surface area contributed by atoms with Gasteiger partial charge in [0.1, 0.15) is 11.6 Å². The molecular formula is C16H16FNO2. The van der Waals surface area contributed by atoms with Crippen molar-refractivity contribution >= 4 is 11.6 Å². The first-order valence-corrected chi connectivity index (χ1v) is 6.36. The van der Waals surface area contributed by atoms with Crippen LogP contribution in [-0.2, 0) is 11.2 Å². The summed E-state index contributed by atoms with van der Waals surface area (Å²) in [5.41, 5.74) is 1.64. The van der Waals surface area contributed by atoms with E-state index in [1.165, 1.54) is 12.1 Å². The van der Waals surface area contributed by atoms with Gasteiger partial charge in [-0.3, -0.25) is 4.79 Å². The summed E-state index contributed by atoms with van der Waals surface area (Å²) in [6, 6.07) is 13.4. The van der Waals surface area contributed by atoms with Crippen molar-refractivity contribution in [1.82, 2.24) is 0 Å². The van der Waals surface area contributed by atoms with E-state index in [4.69, 9.17) is 4.74 Å². The van der Waals surface area contributed by atoms with Crippen molar-refractivity contribution in [2.75, 3.05) is 12.4 Å². The van der Waals surface area contributed by atoms with Gasteiger partial charge in [-0.1, -0.05) is 18.2 Å². The summed E-state index contributed by atoms with van der Waals surface area (Å²) in [5.74, 6) is 0.346. The van der Waals surface area contributed by atoms with Crippen LogP contribution < -0.4 is 10.1 Å². The lowest BCUT2D eigenvalue weighted by molar-refractivity contribution is -0.116. The second-order valence-corrected chi connectivity index (χ2v) is 4.41. The highest BCUT2D eigenvalue weighted by Gasteiger charge is 2.04. The number of aryl methyl sites for hydroxylation is 1. The lowest BCUT2D eigenvalue weighted by Crippen LogP contribution is -2.12. The van der Waals surface area contributed by atoms with Crippen LogP contribution in [0.15, 0.2) is 48.5 Å². The van der Waals surface area contributed by atoms with Crippen molar-refractivity contribution in [2.45, 2.75) is 12.8 Å². The molecule has 0 spiro atoms. The standard InChI is InChI=1S/C16H16FNO2/c1-20-15-4-2-3-14(11-15)18-16(19)10-7-12-5-8-13(17)9-6-12/h2-6,8-9,11H,7,10H2,1H3,(H,18,19). The maximum Gasteiger partial charge on any atom is 0.224 e. The Morgan fingerprint density at radius 2 is 1.95 bits per heavy atom. The number of hydrogen-bond donors (Lipinski definition) is 1. The van der Waals surface area contributed by atoms with Crippen LogP contribution in [0, 0.1) is 5.82 Å². The molecular weight excluding hydrogens is 257 g/mol. The molecule has 0 aliphatic rings. The van der Waals surface area contributed by atoms with E-state index >= 15 is 0 Å². The van der Waals surface area contributed by atoms with Crippen molar-refractivity contribution in [3.8, 4) is 5.75 Å². The summed E-state index contributed by atoms with van der Waals surface area (Å²) < 4.78 is 17.8. The number of rotatable bonds is 5. The first-order valence-electron chi connectivity index (χ1n) is 6.36. The van der Waals surface area contributed by atoms with E-state index in [2.05, 4.69) is 5.32 Å². The first kappa shape index (κ1) is 14.1. The van der Waals surface area contributed by atoms with Gasteiger partial charge in [-0.25, -0.2) is 4.39 Å². The van der Waals surface area contributed by atoms with Crippen LogP contribution in [0.2, 0.25) is 0 Å². The van der Waals surface area contributed by atoms with Crippen molar-refractivity contribution in [1.29, 1.82) is 0 Å². The monoisotopic (exact) mass is 273 g/mol. The van der Waals surface area contributed by atoms with Gasteiger partial charge in [-0.15, -0.1) is 0 Å². The molecule has 20 heavy (non-hydrogen) atoms. The van der Waals surface area contributed by atoms with Gasteiger partial charge in [-0.05, 0) is 36.2 Å². The van der Waals surface area contributed by atoms with Gasteiger partial charge in [0.15, 0.2) is 0 Å². The number of ether oxygens (including phenoxy) is 1. The predicted octanol–water partition coefficient (Wildman–Crippen LogP) is 3.41. The third kappa shape index (κ3) is 4.09. The Kier molecular flexibility index (Phi) is 4.71. The number of benzene rings is 2. The highest BCUT2D eigenvalue weighted by atomic mass is 19.1. The quantitative estimate of drug-likeness (QED) is 0.906. The fourth-order valence-electron chi connectivity index (χ4n) is 1.83. The van der Waals surface area contributed by atoms with E-state index in [1.54, 1.807) is 31.4 Å². The fraction of sp³-hybridized carbons (Fsp3) is 0.188. The highest BCUT2D eigenvalue weighted by Crippen LogP contribution is 2.17. The topological polar surface area (TPSA) is 38.3 Å². The molecule has 0 saturated heterocycles. The molecule has 1 amide bonds. The number of anilines is 1. The SMILES string of the molecule is COc1cccc(NC(=O)CCc2ccc(F)cc2)c1. The van der Waals surface area contributed by atoms with Crippen LogP contribution >= 0.6 is 0 Å². The third-order valence-corrected chi connectivity index (χ3v) is 2.91. The number of nitrogens with one attached hydrogen (secondary N) is 1. The van der Waals surface area contributed by atoms with Crippen LogP contribution in [0.25, 0.3) is 0 Å². The van der Waals surface area contributed by atoms with E-state index in [9.17, 15) is 9.18 Å². The Labute approximate surface area is 117 Å². The number of amides is 1. The summed E-state index contributed by atoms with van der Waals surface area (Å²) in [5, 5.41) is 2.81. The van der Waals surface area contributed by atoms with E-state index < -0.39 is 0 Å². The summed E-state index contributed by atoms with van der Waals surface area (Å²) in [4.78, 5) is 11.8. The van der Waals surface area contributed by atoms with Crippen molar-refractivity contribution < 1.29 is 13.9 Å². The molecule has 0 aliphatic carbocycles. The molecule has 104 valence electrons. The number of carbonyl (C=O) groups excluding carboxylic acids is 1. The van der Waals surface area contributed by atoms with Crippen molar-refractivity contribution in [3.63, 3.8) is 0 Å². The molecule has 2 aromatic carbocycles. The molecule has 4 heteroatoms. The normalized spacial score (nSPS) is 10.1. The van der Waals surface area contributed by atoms with Crippen LogP contribution in [0.1, 0.15) is 12.0 Å². The molecule has 0 aliphatic heterocycles. The molecule has 2 aromatic rings. The summed E-state index contributed by atoms with van der Waals surface area (Å²) in [7, 11) is 1.58. The summed E-state index contributed by atoms with van der Waals surface area (Å²) >= 11 is 0. The van der Waals surface area contributed by atoms with Gasteiger partial charge < -0.3 is 10.1 Å². The Balaban J connectivity index is 1.87. The van der Waals surface area contributed by atoms with Gasteiger partial charge in [0.25, 0.3) is 0 Å². The second kappa shape index (κ2) is 6.70. The fourth-order valence-corrected chi connectivity index (χ4v) is 1.83. The minimum atomic E-state index is -0.269. The zero-order valence-electron chi connectivity index (χ0n) is 11.2. The van der Waals surface area contributed by atoms with E-state index in [-0.39, 0.29) is 11.7 Å². The number of halogens is 1. The number of carbonyl (C=O) groups is 1. The Bertz CT molecular complexity index is 581. The maximum absolute atomic E-state index is 12.8. The number of methoxy groups -OCH3 is 1. The molecule has 0 unspecified atom stereocenters. The van der Waals surface area contributed by atoms with Crippen molar-refractivity contribution in [3.05, 3.63) is 59.9 Å². The summed E-state index contributed by atoms with van der Waals surface area (Å²) in [6.07, 6.45) is 0.929. The molecule has 0 aromatic heterocycles. The molecule has 0 heterocycles. The minimum absolute atomic E-state index is 0.0809. The molecule has 0 atom stereocenters. The van der Waals surface area contributed by atoms with Crippen LogP contribution in [-0.4, -0.2) is 13.0 Å². The van der Waals surface area contributed by atoms with Crippen LogP contribution in [0.5, 0.6) is 5.75 Å². The third-order valence-electron chi connectivity index (χ3n) is 2.91. The van der Waals surface area contributed by atoms with Gasteiger partial charge in [0.2, 0.25) is 5.91 Å². The largest absolute Gasteiger partial charge is 0.497 e. The molecule has 2 rings (SSSR count). The second-order valence-electron chi connectivity index (χ2n) is 4.41. The lowest BCUT2D eigenvalue weighted by Gasteiger charge is -2.07. The van der Waals surface area contributed by atoms with Gasteiger partial charge in [0, 0.05) is 18.2 Å². The van der Waals surface area contributed by atoms with Gasteiger partial charge in [0.05, 0.1) is 7.11 Å². The summed E-state index contributed by atoms with van der Waals surface area (Å²) in [6.45, 7) is 0. The predicted molar refractivity (Wildman–Crippen MR) is 76.3 cm³/mol.